The Kier molecular flexibility index (Phi) is 8.93. The van der Waals surface area contributed by atoms with Gasteiger partial charge < -0.3 is 19.7 Å². The van der Waals surface area contributed by atoms with Crippen molar-refractivity contribution < 1.29 is 23.0 Å². The molecule has 1 amide bonds. The van der Waals surface area contributed by atoms with Crippen LogP contribution in [0, 0.1) is 11.6 Å². The Morgan fingerprint density at radius 2 is 2.02 bits per heavy atom. The van der Waals surface area contributed by atoms with Crippen molar-refractivity contribution in [3.8, 4) is 39.5 Å². The lowest BCUT2D eigenvalue weighted by atomic mass is 9.82. The van der Waals surface area contributed by atoms with Gasteiger partial charge in [-0.25, -0.2) is 13.8 Å². The zero-order valence-corrected chi connectivity index (χ0v) is 27.7. The smallest absolute Gasteiger partial charge is 0.243 e. The number of H-pyrrole nitrogens is 1. The number of pyridine rings is 2. The van der Waals surface area contributed by atoms with Crippen LogP contribution in [0.15, 0.2) is 54.6 Å². The van der Waals surface area contributed by atoms with Gasteiger partial charge in [0.2, 0.25) is 5.91 Å². The van der Waals surface area contributed by atoms with Crippen molar-refractivity contribution >= 4 is 27.3 Å². The first kappa shape index (κ1) is 32.4. The van der Waals surface area contributed by atoms with Gasteiger partial charge in [0, 0.05) is 65.2 Å². The summed E-state index contributed by atoms with van der Waals surface area (Å²) in [7, 11) is 3.62. The number of hydrogen-bond donors (Lipinski definition) is 2. The van der Waals surface area contributed by atoms with E-state index in [1.165, 1.54) is 30.6 Å². The molecule has 1 aliphatic heterocycles. The van der Waals surface area contributed by atoms with Gasteiger partial charge in [0.15, 0.2) is 0 Å². The molecule has 12 heteroatoms. The molecule has 0 spiro atoms. The Morgan fingerprint density at radius 3 is 2.79 bits per heavy atom. The van der Waals surface area contributed by atoms with Gasteiger partial charge in [-0.3, -0.25) is 14.9 Å². The fourth-order valence-corrected chi connectivity index (χ4v) is 7.25. The fraction of sp³-hybridized carbons (Fsp3) is 0.314. The number of aromatic nitrogens is 4. The number of aromatic amines is 1. The van der Waals surface area contributed by atoms with Crippen LogP contribution in [0.2, 0.25) is 0 Å². The Labute approximate surface area is 275 Å². The zero-order valence-electron chi connectivity index (χ0n) is 26.9. The number of amides is 1. The molecule has 0 unspecified atom stereocenters. The van der Waals surface area contributed by atoms with Crippen LogP contribution in [-0.4, -0.2) is 64.9 Å². The summed E-state index contributed by atoms with van der Waals surface area (Å²) in [6, 6.07) is 7.41. The predicted molar refractivity (Wildman–Crippen MR) is 179 cm³/mol. The van der Waals surface area contributed by atoms with E-state index in [-0.39, 0.29) is 35.8 Å². The Morgan fingerprint density at radius 1 is 1.21 bits per heavy atom. The highest BCUT2D eigenvalue weighted by molar-refractivity contribution is 7.18. The molecule has 0 aliphatic carbocycles. The molecule has 5 aromatic rings. The van der Waals surface area contributed by atoms with Crippen molar-refractivity contribution in [1.82, 2.24) is 30.4 Å². The fourth-order valence-electron chi connectivity index (χ4n) is 6.30. The number of methoxy groups -OCH3 is 1. The van der Waals surface area contributed by atoms with Crippen molar-refractivity contribution in [1.29, 1.82) is 0 Å². The van der Waals surface area contributed by atoms with E-state index in [1.54, 1.807) is 13.0 Å². The second-order valence-corrected chi connectivity index (χ2v) is 13.3. The monoisotopic (exact) mass is 658 g/mol. The SMILES string of the molecule is C=CC(=O)N[C@H](C)c1cc(-c2nc(-c3cnc4c(c3)CN(C)CC4(C)C)c3ccsc3c2-c2c(F)cc(F)cc2OCCOC)n[nH]1. The maximum Gasteiger partial charge on any atom is 0.243 e. The van der Waals surface area contributed by atoms with Crippen LogP contribution in [0.3, 0.4) is 0 Å². The van der Waals surface area contributed by atoms with Crippen molar-refractivity contribution in [2.45, 2.75) is 38.8 Å². The second-order valence-electron chi connectivity index (χ2n) is 12.4. The Hall–Kier alpha value is -4.52. The third-order valence-electron chi connectivity index (χ3n) is 8.26. The lowest BCUT2D eigenvalue weighted by molar-refractivity contribution is -0.117. The molecule has 0 radical (unpaired) electrons. The van der Waals surface area contributed by atoms with E-state index in [1.807, 2.05) is 17.6 Å². The van der Waals surface area contributed by atoms with Gasteiger partial charge in [-0.1, -0.05) is 20.4 Å². The van der Waals surface area contributed by atoms with Gasteiger partial charge in [-0.2, -0.15) is 5.10 Å². The summed E-state index contributed by atoms with van der Waals surface area (Å²) in [5.74, 6) is -1.89. The lowest BCUT2D eigenvalue weighted by Gasteiger charge is -2.37. The number of ether oxygens (including phenoxy) is 2. The molecule has 5 heterocycles. The number of thiophene rings is 1. The highest BCUT2D eigenvalue weighted by Crippen LogP contribution is 2.47. The molecular weight excluding hydrogens is 622 g/mol. The number of hydrogen-bond acceptors (Lipinski definition) is 8. The average molecular weight is 659 g/mol. The van der Waals surface area contributed by atoms with E-state index >= 15 is 4.39 Å². The second kappa shape index (κ2) is 12.9. The largest absolute Gasteiger partial charge is 0.490 e. The summed E-state index contributed by atoms with van der Waals surface area (Å²) in [5.41, 5.74) is 5.36. The number of nitrogens with one attached hydrogen (secondary N) is 2. The van der Waals surface area contributed by atoms with E-state index in [9.17, 15) is 9.18 Å². The topological polar surface area (TPSA) is 105 Å². The van der Waals surface area contributed by atoms with Gasteiger partial charge in [-0.15, -0.1) is 11.3 Å². The average Bonchev–Trinajstić information content (AvgIpc) is 3.71. The summed E-state index contributed by atoms with van der Waals surface area (Å²) in [6.07, 6.45) is 3.04. The minimum Gasteiger partial charge on any atom is -0.490 e. The van der Waals surface area contributed by atoms with Crippen molar-refractivity contribution in [3.05, 3.63) is 83.1 Å². The van der Waals surface area contributed by atoms with Crippen LogP contribution >= 0.6 is 11.3 Å². The third-order valence-corrected chi connectivity index (χ3v) is 9.19. The summed E-state index contributed by atoms with van der Waals surface area (Å²) >= 11 is 1.41. The molecular formula is C35H36F2N6O3S. The minimum absolute atomic E-state index is 0.0214. The van der Waals surface area contributed by atoms with E-state index in [4.69, 9.17) is 19.4 Å². The first-order valence-electron chi connectivity index (χ1n) is 15.2. The van der Waals surface area contributed by atoms with Crippen molar-refractivity contribution in [3.63, 3.8) is 0 Å². The van der Waals surface area contributed by atoms with Gasteiger partial charge in [0.25, 0.3) is 0 Å². The molecule has 2 N–H and O–H groups in total. The molecule has 244 valence electrons. The number of carbonyl (C=O) groups excluding carboxylic acids is 1. The molecule has 0 saturated heterocycles. The first-order valence-corrected chi connectivity index (χ1v) is 16.1. The first-order chi connectivity index (χ1) is 22.5. The molecule has 0 bridgehead atoms. The Bertz CT molecular complexity index is 1990. The number of likely N-dealkylation sites (N-methyl/N-ethyl adjacent to an activating group) is 1. The number of halogens is 2. The molecule has 47 heavy (non-hydrogen) atoms. The van der Waals surface area contributed by atoms with Gasteiger partial charge in [-0.05, 0) is 49.2 Å². The van der Waals surface area contributed by atoms with E-state index in [0.717, 1.165) is 46.1 Å². The van der Waals surface area contributed by atoms with Crippen molar-refractivity contribution in [2.75, 3.05) is 33.9 Å². The van der Waals surface area contributed by atoms with Gasteiger partial charge in [0.1, 0.15) is 35.4 Å². The van der Waals surface area contributed by atoms with Gasteiger partial charge in [0.05, 0.1) is 35.3 Å². The molecule has 1 aromatic carbocycles. The van der Waals surface area contributed by atoms with E-state index < -0.39 is 17.7 Å². The highest BCUT2D eigenvalue weighted by Gasteiger charge is 2.33. The van der Waals surface area contributed by atoms with Crippen LogP contribution in [-0.2, 0) is 21.5 Å². The highest BCUT2D eigenvalue weighted by atomic mass is 32.1. The number of nitrogens with zero attached hydrogens (tertiary/aromatic N) is 4. The van der Waals surface area contributed by atoms with Crippen LogP contribution in [0.1, 0.15) is 43.8 Å². The van der Waals surface area contributed by atoms with Crippen LogP contribution < -0.4 is 10.1 Å². The molecule has 0 fully saturated rings. The van der Waals surface area contributed by atoms with Crippen LogP contribution in [0.4, 0.5) is 8.78 Å². The van der Waals surface area contributed by atoms with E-state index in [2.05, 4.69) is 54.0 Å². The maximum absolute atomic E-state index is 16.0. The lowest BCUT2D eigenvalue weighted by Crippen LogP contribution is -2.40. The molecule has 6 rings (SSSR count). The molecule has 9 nitrogen and oxygen atoms in total. The Balaban J connectivity index is 1.60. The van der Waals surface area contributed by atoms with Crippen LogP contribution in [0.5, 0.6) is 5.75 Å². The number of carbonyl (C=O) groups is 1. The summed E-state index contributed by atoms with van der Waals surface area (Å²) in [6.45, 7) is 11.6. The molecule has 4 aromatic heterocycles. The molecule has 0 saturated carbocycles. The summed E-state index contributed by atoms with van der Waals surface area (Å²) in [4.78, 5) is 24.4. The van der Waals surface area contributed by atoms with Gasteiger partial charge >= 0.3 is 0 Å². The van der Waals surface area contributed by atoms with E-state index in [0.29, 0.717) is 28.3 Å². The molecule has 1 aliphatic rings. The third kappa shape index (κ3) is 6.28. The molecule has 1 atom stereocenters. The van der Waals surface area contributed by atoms with Crippen molar-refractivity contribution in [2.24, 2.45) is 0 Å². The number of rotatable bonds is 10. The maximum atomic E-state index is 16.0. The number of fused-ring (bicyclic) bond motifs is 2. The summed E-state index contributed by atoms with van der Waals surface area (Å²) < 4.78 is 42.3. The minimum atomic E-state index is -0.800. The number of benzene rings is 1. The van der Waals surface area contributed by atoms with Crippen LogP contribution in [0.25, 0.3) is 43.9 Å². The predicted octanol–water partition coefficient (Wildman–Crippen LogP) is 6.81. The normalized spacial score (nSPS) is 15.0. The standard InChI is InChI=1S/C35H36F2N6O3S/c1-7-28(44)39-19(2)25-15-26(42-41-25)32-30(29-24(37)13-22(36)14-27(29)46-10-9-45-6)33-23(8-11-47-33)31(40-32)20-12-21-17-43(5)18-35(3,4)34(21)38-16-20/h7-8,11-16,19H,1,9-10,17-18H2,2-6H3,(H,39,44)(H,41,42)/t19-/m1/s1. The summed E-state index contributed by atoms with van der Waals surface area (Å²) in [5, 5.41) is 13.1. The zero-order chi connectivity index (χ0) is 33.5. The quantitative estimate of drug-likeness (QED) is 0.126.